The second kappa shape index (κ2) is 8.88. The molecule has 0 aliphatic carbocycles. The fraction of sp³-hybridized carbons (Fsp3) is 0.200. The number of amides is 2. The number of nitrogens with zero attached hydrogens (tertiary/aromatic N) is 3. The van der Waals surface area contributed by atoms with E-state index in [9.17, 15) is 18.4 Å². The van der Waals surface area contributed by atoms with Crippen molar-refractivity contribution < 1.29 is 18.4 Å². The average molecular weight is 447 g/mol. The highest BCUT2D eigenvalue weighted by Gasteiger charge is 2.36. The third-order valence-corrected chi connectivity index (χ3v) is 6.58. The van der Waals surface area contributed by atoms with Crippen molar-refractivity contribution >= 4 is 45.7 Å². The van der Waals surface area contributed by atoms with E-state index in [1.165, 1.54) is 34.1 Å². The first-order chi connectivity index (χ1) is 14.5. The maximum Gasteiger partial charge on any atom is 0.231 e. The van der Waals surface area contributed by atoms with Crippen molar-refractivity contribution in [1.29, 1.82) is 0 Å². The zero-order chi connectivity index (χ0) is 21.1. The fourth-order valence-corrected chi connectivity index (χ4v) is 4.77. The molecule has 1 aliphatic heterocycles. The van der Waals surface area contributed by atoms with E-state index in [0.29, 0.717) is 15.5 Å². The van der Waals surface area contributed by atoms with Gasteiger partial charge in [0.05, 0.1) is 11.6 Å². The van der Waals surface area contributed by atoms with Gasteiger partial charge in [0, 0.05) is 24.8 Å². The van der Waals surface area contributed by atoms with E-state index < -0.39 is 23.5 Å². The summed E-state index contributed by atoms with van der Waals surface area (Å²) >= 11 is 2.76. The summed E-state index contributed by atoms with van der Waals surface area (Å²) in [6, 6.07) is 12.9. The van der Waals surface area contributed by atoms with Gasteiger partial charge in [-0.05, 0) is 17.7 Å². The third kappa shape index (κ3) is 4.65. The second-order valence-corrected chi connectivity index (χ2v) is 8.84. The van der Waals surface area contributed by atoms with Gasteiger partial charge in [-0.3, -0.25) is 9.59 Å². The Hall–Kier alpha value is -2.85. The molecule has 1 aromatic heterocycles. The highest BCUT2D eigenvalue weighted by molar-refractivity contribution is 8.00. The maximum absolute atomic E-state index is 14.0. The minimum absolute atomic E-state index is 0.0155. The Bertz CT molecular complexity index is 1080. The number of carbonyl (C=O) groups excluding carboxylic acids is 2. The summed E-state index contributed by atoms with van der Waals surface area (Å²) in [6.07, 6.45) is -0.0585. The smallest absolute Gasteiger partial charge is 0.231 e. The minimum Gasteiger partial charge on any atom is -0.309 e. The van der Waals surface area contributed by atoms with Gasteiger partial charge in [-0.25, -0.2) is 8.78 Å². The average Bonchev–Trinajstić information content (AvgIpc) is 3.34. The molecule has 2 amide bonds. The lowest BCUT2D eigenvalue weighted by molar-refractivity contribution is -0.122. The number of benzene rings is 2. The molecule has 6 nitrogen and oxygen atoms in total. The van der Waals surface area contributed by atoms with Crippen LogP contribution in [0.4, 0.5) is 19.6 Å². The lowest BCUT2D eigenvalue weighted by atomic mass is 10.1. The van der Waals surface area contributed by atoms with E-state index in [-0.39, 0.29) is 24.6 Å². The molecule has 1 fully saturated rings. The Labute approximate surface area is 179 Å². The Morgan fingerprint density at radius 3 is 2.77 bits per heavy atom. The largest absolute Gasteiger partial charge is 0.309 e. The fourth-order valence-electron chi connectivity index (χ4n) is 3.06. The van der Waals surface area contributed by atoms with Gasteiger partial charge in [-0.15, -0.1) is 10.2 Å². The quantitative estimate of drug-likeness (QED) is 0.456. The van der Waals surface area contributed by atoms with Gasteiger partial charge in [0.1, 0.15) is 11.6 Å². The summed E-state index contributed by atoms with van der Waals surface area (Å²) in [7, 11) is 0. The van der Waals surface area contributed by atoms with Crippen molar-refractivity contribution in [3.63, 3.8) is 0 Å². The first kappa shape index (κ1) is 20.4. The lowest BCUT2D eigenvalue weighted by Crippen LogP contribution is -2.28. The Kier molecular flexibility index (Phi) is 6.05. The molecule has 2 aromatic carbocycles. The molecule has 4 rings (SSSR count). The van der Waals surface area contributed by atoms with E-state index in [1.54, 1.807) is 0 Å². The highest BCUT2D eigenvalue weighted by Crippen LogP contribution is 2.31. The molecular formula is C20H16F2N4O2S2. The van der Waals surface area contributed by atoms with Gasteiger partial charge in [0.2, 0.25) is 16.9 Å². The first-order valence-electron chi connectivity index (χ1n) is 9.06. The predicted molar refractivity (Wildman–Crippen MR) is 111 cm³/mol. The van der Waals surface area contributed by atoms with Crippen LogP contribution in [0.5, 0.6) is 0 Å². The zero-order valence-electron chi connectivity index (χ0n) is 15.5. The summed E-state index contributed by atoms with van der Waals surface area (Å²) in [5.74, 6) is -2.27. The molecule has 10 heteroatoms. The molecule has 0 radical (unpaired) electrons. The van der Waals surface area contributed by atoms with E-state index in [0.717, 1.165) is 17.4 Å². The summed E-state index contributed by atoms with van der Waals surface area (Å²) in [5, 5.41) is 11.1. The molecule has 0 bridgehead atoms. The second-order valence-electron chi connectivity index (χ2n) is 6.64. The number of halogens is 2. The molecule has 0 spiro atoms. The van der Waals surface area contributed by atoms with Crippen LogP contribution in [0.15, 0.2) is 52.9 Å². The minimum atomic E-state index is -0.839. The highest BCUT2D eigenvalue weighted by atomic mass is 32.2. The van der Waals surface area contributed by atoms with Gasteiger partial charge in [0.25, 0.3) is 0 Å². The molecule has 1 N–H and O–H groups in total. The van der Waals surface area contributed by atoms with Crippen LogP contribution in [0.3, 0.4) is 0 Å². The van der Waals surface area contributed by atoms with Crippen LogP contribution in [0.1, 0.15) is 12.0 Å². The molecule has 1 aliphatic rings. The van der Waals surface area contributed by atoms with Crippen molar-refractivity contribution in [2.75, 3.05) is 16.8 Å². The summed E-state index contributed by atoms with van der Waals surface area (Å²) < 4.78 is 27.8. The van der Waals surface area contributed by atoms with Crippen molar-refractivity contribution in [2.24, 2.45) is 5.92 Å². The number of thioether (sulfide) groups is 1. The number of rotatable bonds is 6. The van der Waals surface area contributed by atoms with Crippen molar-refractivity contribution in [3.8, 4) is 0 Å². The molecule has 1 atom stereocenters. The topological polar surface area (TPSA) is 75.2 Å². The number of nitrogens with one attached hydrogen (secondary N) is 1. The zero-order valence-corrected chi connectivity index (χ0v) is 17.2. The number of hydrogen-bond acceptors (Lipinski definition) is 6. The van der Waals surface area contributed by atoms with Crippen LogP contribution in [0.2, 0.25) is 0 Å². The molecule has 0 saturated carbocycles. The Morgan fingerprint density at radius 1 is 1.20 bits per heavy atom. The van der Waals surface area contributed by atoms with Gasteiger partial charge in [-0.1, -0.05) is 53.4 Å². The summed E-state index contributed by atoms with van der Waals surface area (Å²) in [5.41, 5.74) is 1.12. The van der Waals surface area contributed by atoms with Crippen LogP contribution < -0.4 is 10.2 Å². The van der Waals surface area contributed by atoms with Crippen LogP contribution in [-0.4, -0.2) is 28.6 Å². The Balaban J connectivity index is 1.35. The summed E-state index contributed by atoms with van der Waals surface area (Å²) in [4.78, 5) is 26.0. The van der Waals surface area contributed by atoms with Crippen LogP contribution >= 0.6 is 23.1 Å². The molecule has 2 heterocycles. The SMILES string of the molecule is O=C(Nc1nnc(SCc2ccccc2)s1)C1CC(=O)N(c2ccc(F)cc2F)C1. The van der Waals surface area contributed by atoms with Gasteiger partial charge < -0.3 is 10.2 Å². The van der Waals surface area contributed by atoms with Crippen molar-refractivity contribution in [1.82, 2.24) is 10.2 Å². The van der Waals surface area contributed by atoms with Gasteiger partial charge in [0.15, 0.2) is 4.34 Å². The van der Waals surface area contributed by atoms with E-state index in [2.05, 4.69) is 15.5 Å². The third-order valence-electron chi connectivity index (χ3n) is 4.54. The molecule has 3 aromatic rings. The van der Waals surface area contributed by atoms with E-state index >= 15 is 0 Å². The Morgan fingerprint density at radius 2 is 2.00 bits per heavy atom. The molecule has 1 unspecified atom stereocenters. The molecule has 154 valence electrons. The lowest BCUT2D eigenvalue weighted by Gasteiger charge is -2.17. The first-order valence-corrected chi connectivity index (χ1v) is 10.9. The molecule has 1 saturated heterocycles. The normalized spacial score (nSPS) is 16.1. The van der Waals surface area contributed by atoms with Crippen LogP contribution in [0, 0.1) is 17.6 Å². The predicted octanol–water partition coefficient (Wildman–Crippen LogP) is 4.10. The number of hydrogen-bond donors (Lipinski definition) is 1. The van der Waals surface area contributed by atoms with E-state index in [4.69, 9.17) is 0 Å². The van der Waals surface area contributed by atoms with Crippen LogP contribution in [0.25, 0.3) is 0 Å². The van der Waals surface area contributed by atoms with Gasteiger partial charge in [-0.2, -0.15) is 0 Å². The van der Waals surface area contributed by atoms with Crippen molar-refractivity contribution in [2.45, 2.75) is 16.5 Å². The van der Waals surface area contributed by atoms with Crippen molar-refractivity contribution in [3.05, 3.63) is 65.7 Å². The molecular weight excluding hydrogens is 430 g/mol. The van der Waals surface area contributed by atoms with Gasteiger partial charge >= 0.3 is 0 Å². The monoisotopic (exact) mass is 446 g/mol. The standard InChI is InChI=1S/C20H16F2N4O2S2/c21-14-6-7-16(15(22)9-14)26-10-13(8-17(26)27)18(28)23-19-24-25-20(30-19)29-11-12-4-2-1-3-5-12/h1-7,9,13H,8,10-11H2,(H,23,24,28). The maximum atomic E-state index is 14.0. The number of anilines is 2. The summed E-state index contributed by atoms with van der Waals surface area (Å²) in [6.45, 7) is 0.0155. The number of carbonyl (C=O) groups is 2. The number of aromatic nitrogens is 2. The van der Waals surface area contributed by atoms with Crippen LogP contribution in [-0.2, 0) is 15.3 Å². The van der Waals surface area contributed by atoms with E-state index in [1.807, 2.05) is 30.3 Å². The molecule has 30 heavy (non-hydrogen) atoms.